The number of nitrogens with one attached hydrogen (secondary N) is 1. The third kappa shape index (κ3) is 6.26. The van der Waals surface area contributed by atoms with Crippen LogP contribution in [0.15, 0.2) is 42.7 Å². The zero-order valence-corrected chi connectivity index (χ0v) is 16.1. The zero-order chi connectivity index (χ0) is 21.2. The average Bonchev–Trinajstić information content (AvgIpc) is 2.77. The van der Waals surface area contributed by atoms with E-state index in [1.54, 1.807) is 30.5 Å². The molecule has 3 N–H and O–H groups in total. The predicted octanol–water partition coefficient (Wildman–Crippen LogP) is 1.98. The van der Waals surface area contributed by atoms with Crippen molar-refractivity contribution in [3.8, 4) is 23.0 Å². The quantitative estimate of drug-likeness (QED) is 0.505. The van der Waals surface area contributed by atoms with Crippen molar-refractivity contribution in [3.63, 3.8) is 0 Å². The Morgan fingerprint density at radius 2 is 1.63 bits per heavy atom. The van der Waals surface area contributed by atoms with E-state index in [-0.39, 0.29) is 18.3 Å². The molecule has 0 fully saturated rings. The van der Waals surface area contributed by atoms with Gasteiger partial charge in [-0.2, -0.15) is 0 Å². The topological polar surface area (TPSA) is 159 Å². The van der Waals surface area contributed by atoms with Gasteiger partial charge in [0.05, 0.1) is 18.5 Å². The van der Waals surface area contributed by atoms with Gasteiger partial charge in [0.2, 0.25) is 17.6 Å². The molecule has 0 radical (unpaired) electrons. The maximum Gasteiger partial charge on any atom is 0.404 e. The number of hydrogen-bond donors (Lipinski definition) is 2. The molecular formula is C19H20N8O3. The molecule has 0 saturated heterocycles. The minimum atomic E-state index is -0.787. The number of carbonyl (C=O) groups excluding carboxylic acids is 2. The van der Waals surface area contributed by atoms with Crippen molar-refractivity contribution in [1.82, 2.24) is 30.4 Å². The average molecular weight is 408 g/mol. The number of ether oxygens (including phenoxy) is 1. The minimum absolute atomic E-state index is 0.125. The number of aromatic nitrogens is 6. The molecule has 0 aliphatic rings. The molecule has 2 amide bonds. The molecule has 3 rings (SSSR count). The van der Waals surface area contributed by atoms with Crippen LogP contribution in [0.2, 0.25) is 0 Å². The molecule has 0 spiro atoms. The summed E-state index contributed by atoms with van der Waals surface area (Å²) in [5.74, 6) is 0.467. The highest BCUT2D eigenvalue weighted by Gasteiger charge is 2.09. The Morgan fingerprint density at radius 3 is 2.23 bits per heavy atom. The van der Waals surface area contributed by atoms with Gasteiger partial charge >= 0.3 is 6.09 Å². The highest BCUT2D eigenvalue weighted by atomic mass is 16.5. The second-order valence-electron chi connectivity index (χ2n) is 6.22. The summed E-state index contributed by atoms with van der Waals surface area (Å²) in [6.45, 7) is 0.261. The molecule has 11 heteroatoms. The Balaban J connectivity index is 1.47. The SMILES string of the molecule is NC(=O)OCCCCCC(=O)Nc1ccc(-c2nnc(-c3ccccn3)nn2)nc1. The van der Waals surface area contributed by atoms with Gasteiger partial charge < -0.3 is 15.8 Å². The van der Waals surface area contributed by atoms with E-state index in [1.165, 1.54) is 6.20 Å². The summed E-state index contributed by atoms with van der Waals surface area (Å²) < 4.78 is 4.63. The smallest absolute Gasteiger partial charge is 0.404 e. The fourth-order valence-electron chi connectivity index (χ4n) is 2.49. The van der Waals surface area contributed by atoms with Gasteiger partial charge in [-0.25, -0.2) is 4.79 Å². The molecule has 0 aromatic carbocycles. The van der Waals surface area contributed by atoms with Gasteiger partial charge in [-0.05, 0) is 43.5 Å². The van der Waals surface area contributed by atoms with Crippen LogP contribution in [0.3, 0.4) is 0 Å². The molecule has 154 valence electrons. The molecule has 3 aromatic rings. The van der Waals surface area contributed by atoms with Crippen molar-refractivity contribution in [2.24, 2.45) is 5.73 Å². The van der Waals surface area contributed by atoms with Crippen molar-refractivity contribution >= 4 is 17.7 Å². The number of nitrogens with zero attached hydrogens (tertiary/aromatic N) is 6. The first-order chi connectivity index (χ1) is 14.6. The molecule has 3 heterocycles. The zero-order valence-electron chi connectivity index (χ0n) is 16.1. The Morgan fingerprint density at radius 1 is 0.900 bits per heavy atom. The Hall–Kier alpha value is -4.02. The molecule has 0 atom stereocenters. The fraction of sp³-hybridized carbons (Fsp3) is 0.263. The van der Waals surface area contributed by atoms with E-state index < -0.39 is 6.09 Å². The van der Waals surface area contributed by atoms with Crippen LogP contribution < -0.4 is 11.1 Å². The van der Waals surface area contributed by atoms with Crippen LogP contribution in [-0.4, -0.2) is 49.0 Å². The van der Waals surface area contributed by atoms with Crippen molar-refractivity contribution in [1.29, 1.82) is 0 Å². The highest BCUT2D eigenvalue weighted by Crippen LogP contribution is 2.15. The van der Waals surface area contributed by atoms with Gasteiger partial charge in [-0.15, -0.1) is 20.4 Å². The lowest BCUT2D eigenvalue weighted by Crippen LogP contribution is -2.14. The van der Waals surface area contributed by atoms with E-state index in [2.05, 4.69) is 40.4 Å². The van der Waals surface area contributed by atoms with Gasteiger partial charge in [0.25, 0.3) is 0 Å². The lowest BCUT2D eigenvalue weighted by molar-refractivity contribution is -0.116. The number of unbranched alkanes of at least 4 members (excludes halogenated alkanes) is 2. The van der Waals surface area contributed by atoms with Gasteiger partial charge in [-0.1, -0.05) is 6.07 Å². The summed E-state index contributed by atoms with van der Waals surface area (Å²) >= 11 is 0. The summed E-state index contributed by atoms with van der Waals surface area (Å²) in [6, 6.07) is 8.77. The normalized spacial score (nSPS) is 10.4. The first-order valence-electron chi connectivity index (χ1n) is 9.29. The van der Waals surface area contributed by atoms with Crippen LogP contribution in [-0.2, 0) is 9.53 Å². The largest absolute Gasteiger partial charge is 0.450 e. The molecule has 3 aromatic heterocycles. The van der Waals surface area contributed by atoms with Crippen LogP contribution in [0.25, 0.3) is 23.0 Å². The highest BCUT2D eigenvalue weighted by molar-refractivity contribution is 5.90. The van der Waals surface area contributed by atoms with E-state index in [0.29, 0.717) is 42.2 Å². The fourth-order valence-corrected chi connectivity index (χ4v) is 2.49. The van der Waals surface area contributed by atoms with E-state index in [0.717, 1.165) is 6.42 Å². The lowest BCUT2D eigenvalue weighted by Gasteiger charge is -2.06. The van der Waals surface area contributed by atoms with Crippen molar-refractivity contribution in [3.05, 3.63) is 42.7 Å². The van der Waals surface area contributed by atoms with E-state index in [4.69, 9.17) is 5.73 Å². The molecule has 0 saturated carbocycles. The number of nitrogens with two attached hydrogens (primary N) is 1. The van der Waals surface area contributed by atoms with Crippen LogP contribution in [0.4, 0.5) is 10.5 Å². The molecule has 0 aliphatic carbocycles. The Bertz CT molecular complexity index is 965. The molecular weight excluding hydrogens is 388 g/mol. The first-order valence-corrected chi connectivity index (χ1v) is 9.29. The number of carbonyl (C=O) groups is 2. The standard InChI is InChI=1S/C19H20N8O3/c20-19(29)30-11-5-1-2-7-16(28)23-13-8-9-15(22-12-13)18-26-24-17(25-27-18)14-6-3-4-10-21-14/h3-4,6,8-10,12H,1-2,5,7,11H2,(H2,20,29)(H,23,28). The number of rotatable bonds is 9. The lowest BCUT2D eigenvalue weighted by atomic mass is 10.2. The molecule has 0 unspecified atom stereocenters. The van der Waals surface area contributed by atoms with Crippen molar-refractivity contribution in [2.75, 3.05) is 11.9 Å². The summed E-state index contributed by atoms with van der Waals surface area (Å²) in [4.78, 5) is 30.8. The number of amides is 2. The van der Waals surface area contributed by atoms with Crippen LogP contribution in [0.5, 0.6) is 0 Å². The van der Waals surface area contributed by atoms with Crippen molar-refractivity contribution < 1.29 is 14.3 Å². The number of anilines is 1. The summed E-state index contributed by atoms with van der Waals surface area (Å²) in [7, 11) is 0. The third-order valence-corrected chi connectivity index (χ3v) is 3.94. The summed E-state index contributed by atoms with van der Waals surface area (Å²) in [5.41, 5.74) is 6.49. The molecule has 0 aliphatic heterocycles. The minimum Gasteiger partial charge on any atom is -0.450 e. The van der Waals surface area contributed by atoms with Crippen LogP contribution >= 0.6 is 0 Å². The third-order valence-electron chi connectivity index (χ3n) is 3.94. The second-order valence-corrected chi connectivity index (χ2v) is 6.22. The first kappa shape index (κ1) is 20.7. The molecule has 0 bridgehead atoms. The number of primary amides is 1. The molecule has 30 heavy (non-hydrogen) atoms. The van der Waals surface area contributed by atoms with Gasteiger partial charge in [0.15, 0.2) is 0 Å². The second kappa shape index (κ2) is 10.5. The van der Waals surface area contributed by atoms with Gasteiger partial charge in [0, 0.05) is 12.6 Å². The van der Waals surface area contributed by atoms with Crippen LogP contribution in [0.1, 0.15) is 25.7 Å². The summed E-state index contributed by atoms with van der Waals surface area (Å²) in [5, 5.41) is 18.9. The molecule has 11 nitrogen and oxygen atoms in total. The van der Waals surface area contributed by atoms with E-state index >= 15 is 0 Å². The monoisotopic (exact) mass is 408 g/mol. The van der Waals surface area contributed by atoms with E-state index in [1.807, 2.05) is 6.07 Å². The van der Waals surface area contributed by atoms with Gasteiger partial charge in [-0.3, -0.25) is 14.8 Å². The maximum atomic E-state index is 12.0. The van der Waals surface area contributed by atoms with E-state index in [9.17, 15) is 9.59 Å². The van der Waals surface area contributed by atoms with Crippen LogP contribution in [0, 0.1) is 0 Å². The number of hydrogen-bond acceptors (Lipinski definition) is 9. The Kier molecular flexibility index (Phi) is 7.25. The predicted molar refractivity (Wildman–Crippen MR) is 107 cm³/mol. The van der Waals surface area contributed by atoms with Crippen molar-refractivity contribution in [2.45, 2.75) is 25.7 Å². The number of pyridine rings is 2. The maximum absolute atomic E-state index is 12.0. The summed E-state index contributed by atoms with van der Waals surface area (Å²) in [6.07, 6.45) is 4.81. The van der Waals surface area contributed by atoms with Gasteiger partial charge in [0.1, 0.15) is 11.4 Å². The Labute approximate surface area is 172 Å².